The number of piperidine rings is 1. The Bertz CT molecular complexity index is 407. The van der Waals surface area contributed by atoms with Crippen LogP contribution in [0.2, 0.25) is 0 Å². The third-order valence-electron chi connectivity index (χ3n) is 2.82. The number of hydrogen-bond acceptors (Lipinski definition) is 6. The Hall–Kier alpha value is -1.50. The van der Waals surface area contributed by atoms with Crippen molar-refractivity contribution in [3.8, 4) is 0 Å². The second kappa shape index (κ2) is 5.22. The maximum Gasteiger partial charge on any atom is 0.328 e. The van der Waals surface area contributed by atoms with Gasteiger partial charge in [0.2, 0.25) is 0 Å². The van der Waals surface area contributed by atoms with Crippen LogP contribution in [0.25, 0.3) is 0 Å². The van der Waals surface area contributed by atoms with E-state index in [2.05, 4.69) is 8.75 Å². The van der Waals surface area contributed by atoms with Gasteiger partial charge in [-0.25, -0.2) is 4.79 Å². The molecule has 1 aliphatic rings. The first-order valence-electron chi connectivity index (χ1n) is 5.40. The summed E-state index contributed by atoms with van der Waals surface area (Å²) in [6.07, 6.45) is 3.90. The molecule has 0 spiro atoms. The van der Waals surface area contributed by atoms with Gasteiger partial charge in [-0.2, -0.15) is 8.75 Å². The van der Waals surface area contributed by atoms with Crippen molar-refractivity contribution in [3.63, 3.8) is 0 Å². The van der Waals surface area contributed by atoms with Gasteiger partial charge in [0.1, 0.15) is 6.04 Å². The minimum Gasteiger partial charge on any atom is -0.467 e. The summed E-state index contributed by atoms with van der Waals surface area (Å²) in [6, 6.07) is -0.483. The minimum absolute atomic E-state index is 0.242. The van der Waals surface area contributed by atoms with Crippen LogP contribution in [-0.4, -0.2) is 45.2 Å². The van der Waals surface area contributed by atoms with Crippen molar-refractivity contribution in [2.24, 2.45) is 0 Å². The van der Waals surface area contributed by atoms with Gasteiger partial charge in [-0.05, 0) is 19.3 Å². The molecule has 1 fully saturated rings. The van der Waals surface area contributed by atoms with Gasteiger partial charge in [-0.15, -0.1) is 0 Å². The van der Waals surface area contributed by atoms with Gasteiger partial charge in [0.05, 0.1) is 25.0 Å². The Kier molecular flexibility index (Phi) is 3.68. The van der Waals surface area contributed by atoms with Crippen LogP contribution in [0.3, 0.4) is 0 Å². The number of rotatable bonds is 2. The van der Waals surface area contributed by atoms with Crippen LogP contribution in [0.1, 0.15) is 29.8 Å². The molecule has 92 valence electrons. The minimum atomic E-state index is -0.483. The lowest BCUT2D eigenvalue weighted by Crippen LogP contribution is -2.48. The Labute approximate surface area is 103 Å². The van der Waals surface area contributed by atoms with E-state index in [-0.39, 0.29) is 11.9 Å². The lowest BCUT2D eigenvalue weighted by Gasteiger charge is -2.33. The van der Waals surface area contributed by atoms with Crippen LogP contribution in [0.4, 0.5) is 0 Å². The molecule has 1 saturated heterocycles. The van der Waals surface area contributed by atoms with E-state index in [0.717, 1.165) is 24.6 Å². The Balaban J connectivity index is 2.16. The Morgan fingerprint density at radius 2 is 2.35 bits per heavy atom. The smallest absolute Gasteiger partial charge is 0.328 e. The van der Waals surface area contributed by atoms with E-state index in [9.17, 15) is 9.59 Å². The number of ether oxygens (including phenoxy) is 1. The van der Waals surface area contributed by atoms with E-state index in [1.807, 2.05) is 0 Å². The third-order valence-corrected chi connectivity index (χ3v) is 3.30. The summed E-state index contributed by atoms with van der Waals surface area (Å²) in [7, 11) is 1.34. The maximum absolute atomic E-state index is 12.1. The fourth-order valence-electron chi connectivity index (χ4n) is 1.96. The predicted molar refractivity (Wildman–Crippen MR) is 60.6 cm³/mol. The van der Waals surface area contributed by atoms with E-state index < -0.39 is 6.04 Å². The van der Waals surface area contributed by atoms with Crippen LogP contribution in [0, 0.1) is 0 Å². The topological polar surface area (TPSA) is 72.4 Å². The summed E-state index contributed by atoms with van der Waals surface area (Å²) < 4.78 is 12.4. The number of likely N-dealkylation sites (tertiary alicyclic amines) is 1. The molecule has 1 atom stereocenters. The molecular formula is C10H13N3O3S. The summed E-state index contributed by atoms with van der Waals surface area (Å²) in [4.78, 5) is 25.2. The van der Waals surface area contributed by atoms with Crippen molar-refractivity contribution in [1.82, 2.24) is 13.6 Å². The molecule has 2 heterocycles. The molecule has 0 unspecified atom stereocenters. The van der Waals surface area contributed by atoms with Crippen molar-refractivity contribution in [1.29, 1.82) is 0 Å². The summed E-state index contributed by atoms with van der Waals surface area (Å²) in [6.45, 7) is 0.566. The molecule has 17 heavy (non-hydrogen) atoms. The average molecular weight is 255 g/mol. The lowest BCUT2D eigenvalue weighted by atomic mass is 10.0. The normalized spacial score (nSPS) is 20.1. The number of amides is 1. The summed E-state index contributed by atoms with van der Waals surface area (Å²) in [5.74, 6) is -0.602. The highest BCUT2D eigenvalue weighted by molar-refractivity contribution is 6.99. The Morgan fingerprint density at radius 1 is 1.53 bits per heavy atom. The molecule has 0 saturated carbocycles. The van der Waals surface area contributed by atoms with Gasteiger partial charge < -0.3 is 9.64 Å². The van der Waals surface area contributed by atoms with E-state index in [1.165, 1.54) is 18.2 Å². The van der Waals surface area contributed by atoms with E-state index in [1.54, 1.807) is 0 Å². The fraction of sp³-hybridized carbons (Fsp3) is 0.600. The first kappa shape index (κ1) is 12.0. The molecule has 2 rings (SSSR count). The zero-order chi connectivity index (χ0) is 12.3. The van der Waals surface area contributed by atoms with Crippen LogP contribution in [0.15, 0.2) is 6.20 Å². The fourth-order valence-corrected chi connectivity index (χ4v) is 2.37. The number of carbonyl (C=O) groups excluding carboxylic acids is 2. The molecule has 1 amide bonds. The van der Waals surface area contributed by atoms with Crippen LogP contribution < -0.4 is 0 Å². The Morgan fingerprint density at radius 3 is 3.00 bits per heavy atom. The number of nitrogens with zero attached hydrogens (tertiary/aromatic N) is 3. The van der Waals surface area contributed by atoms with Crippen molar-refractivity contribution in [2.45, 2.75) is 25.3 Å². The summed E-state index contributed by atoms with van der Waals surface area (Å²) in [5.41, 5.74) is 0.297. The first-order chi connectivity index (χ1) is 8.24. The molecule has 1 aliphatic heterocycles. The van der Waals surface area contributed by atoms with Gasteiger partial charge in [-0.3, -0.25) is 4.79 Å². The highest BCUT2D eigenvalue weighted by atomic mass is 32.1. The van der Waals surface area contributed by atoms with Crippen LogP contribution in [-0.2, 0) is 9.53 Å². The molecule has 1 aromatic heterocycles. The van der Waals surface area contributed by atoms with E-state index in [4.69, 9.17) is 4.74 Å². The van der Waals surface area contributed by atoms with Gasteiger partial charge in [0, 0.05) is 6.54 Å². The standard InChI is InChI=1S/C10H13N3O3S/c1-16-10(15)8-4-2-3-5-13(8)9(14)7-6-11-17-12-7/h6,8H,2-5H2,1H3/t8-/m1/s1. The summed E-state index contributed by atoms with van der Waals surface area (Å²) in [5, 5.41) is 0. The second-order valence-electron chi connectivity index (χ2n) is 3.83. The molecule has 7 heteroatoms. The van der Waals surface area contributed by atoms with Crippen molar-refractivity contribution >= 4 is 23.6 Å². The zero-order valence-electron chi connectivity index (χ0n) is 9.46. The molecule has 0 aliphatic carbocycles. The van der Waals surface area contributed by atoms with Gasteiger partial charge >= 0.3 is 5.97 Å². The number of aromatic nitrogens is 2. The van der Waals surface area contributed by atoms with E-state index >= 15 is 0 Å². The molecule has 0 bridgehead atoms. The van der Waals surface area contributed by atoms with Crippen molar-refractivity contribution < 1.29 is 14.3 Å². The zero-order valence-corrected chi connectivity index (χ0v) is 10.3. The molecule has 6 nitrogen and oxygen atoms in total. The molecule has 0 radical (unpaired) electrons. The SMILES string of the molecule is COC(=O)[C@H]1CCCCN1C(=O)c1cnsn1. The molecule has 1 aromatic rings. The van der Waals surface area contributed by atoms with Gasteiger partial charge in [-0.1, -0.05) is 0 Å². The monoisotopic (exact) mass is 255 g/mol. The number of hydrogen-bond donors (Lipinski definition) is 0. The first-order valence-corrected chi connectivity index (χ1v) is 6.13. The average Bonchev–Trinajstić information content (AvgIpc) is 2.91. The predicted octanol–water partition coefficient (Wildman–Crippen LogP) is 0.706. The molecule has 0 N–H and O–H groups in total. The second-order valence-corrected chi connectivity index (χ2v) is 4.38. The highest BCUT2D eigenvalue weighted by Crippen LogP contribution is 2.20. The highest BCUT2D eigenvalue weighted by Gasteiger charge is 2.34. The van der Waals surface area contributed by atoms with Crippen LogP contribution >= 0.6 is 11.7 Å². The maximum atomic E-state index is 12.1. The van der Waals surface area contributed by atoms with Crippen LogP contribution in [0.5, 0.6) is 0 Å². The van der Waals surface area contributed by atoms with Gasteiger partial charge in [0.25, 0.3) is 5.91 Å². The van der Waals surface area contributed by atoms with Gasteiger partial charge in [0.15, 0.2) is 5.69 Å². The quantitative estimate of drug-likeness (QED) is 0.728. The van der Waals surface area contributed by atoms with Crippen molar-refractivity contribution in [3.05, 3.63) is 11.9 Å². The lowest BCUT2D eigenvalue weighted by molar-refractivity contribution is -0.147. The largest absolute Gasteiger partial charge is 0.467 e. The number of esters is 1. The summed E-state index contributed by atoms with van der Waals surface area (Å²) >= 11 is 0.984. The van der Waals surface area contributed by atoms with E-state index in [0.29, 0.717) is 18.7 Å². The molecule has 0 aromatic carbocycles. The number of carbonyl (C=O) groups is 2. The molecular weight excluding hydrogens is 242 g/mol. The number of methoxy groups -OCH3 is 1. The van der Waals surface area contributed by atoms with Crippen molar-refractivity contribution in [2.75, 3.05) is 13.7 Å². The third kappa shape index (κ3) is 2.44.